The zero-order valence-corrected chi connectivity index (χ0v) is 20.4. The van der Waals surface area contributed by atoms with Crippen molar-refractivity contribution in [2.24, 2.45) is 0 Å². The predicted octanol–water partition coefficient (Wildman–Crippen LogP) is 5.60. The van der Waals surface area contributed by atoms with E-state index in [1.165, 1.54) is 6.07 Å². The average Bonchev–Trinajstić information content (AvgIpc) is 2.76. The summed E-state index contributed by atoms with van der Waals surface area (Å²) in [7, 11) is 0. The van der Waals surface area contributed by atoms with Gasteiger partial charge in [0.2, 0.25) is 0 Å². The van der Waals surface area contributed by atoms with E-state index in [1.807, 2.05) is 45.0 Å². The van der Waals surface area contributed by atoms with E-state index in [1.54, 1.807) is 12.1 Å². The zero-order valence-electron chi connectivity index (χ0n) is 19.6. The lowest BCUT2D eigenvalue weighted by molar-refractivity contribution is -0.155. The minimum absolute atomic E-state index is 0.0466. The number of carbonyl (C=O) groups is 1. The van der Waals surface area contributed by atoms with Crippen molar-refractivity contribution in [1.29, 1.82) is 0 Å². The topological polar surface area (TPSA) is 48.0 Å². The van der Waals surface area contributed by atoms with Crippen molar-refractivity contribution >= 4 is 17.6 Å². The minimum atomic E-state index is -0.459. The lowest BCUT2D eigenvalue weighted by atomic mass is 10.1. The van der Waals surface area contributed by atoms with Gasteiger partial charge in [0.05, 0.1) is 25.7 Å². The summed E-state index contributed by atoms with van der Waals surface area (Å²) >= 11 is 6.07. The molecule has 1 aliphatic heterocycles. The third-order valence-electron chi connectivity index (χ3n) is 5.36. The van der Waals surface area contributed by atoms with Gasteiger partial charge in [0.1, 0.15) is 17.2 Å². The van der Waals surface area contributed by atoms with Crippen LogP contribution in [-0.4, -0.2) is 49.3 Å². The van der Waals surface area contributed by atoms with Crippen molar-refractivity contribution in [3.8, 4) is 5.75 Å². The number of nitrogens with zero attached hydrogens (tertiary/aromatic N) is 1. The summed E-state index contributed by atoms with van der Waals surface area (Å²) in [6.45, 7) is 8.91. The molecule has 5 nitrogen and oxygen atoms in total. The number of morpholine rings is 1. The molecule has 1 heterocycles. The molecule has 3 rings (SSSR count). The summed E-state index contributed by atoms with van der Waals surface area (Å²) in [5.74, 6) is 0.305. The Hall–Kier alpha value is -2.15. The number of hydrogen-bond acceptors (Lipinski definition) is 5. The molecular formula is C26H33ClFNO4. The molecule has 7 heteroatoms. The van der Waals surface area contributed by atoms with Crippen molar-refractivity contribution in [3.05, 3.63) is 64.4 Å². The molecule has 0 N–H and O–H groups in total. The number of esters is 1. The van der Waals surface area contributed by atoms with Gasteiger partial charge in [0.15, 0.2) is 0 Å². The van der Waals surface area contributed by atoms with Crippen LogP contribution in [0.15, 0.2) is 42.5 Å². The van der Waals surface area contributed by atoms with E-state index in [4.69, 9.17) is 25.8 Å². The SMILES string of the molecule is CC(C)(C)OC(=O)CCN1CCOC(c2ccc(OCCCc3c(F)cccc3Cl)cc2)C1. The van der Waals surface area contributed by atoms with Crippen LogP contribution in [-0.2, 0) is 20.7 Å². The number of halogens is 2. The van der Waals surface area contributed by atoms with Gasteiger partial charge in [0, 0.05) is 30.2 Å². The largest absolute Gasteiger partial charge is 0.494 e. The lowest BCUT2D eigenvalue weighted by Crippen LogP contribution is -2.39. The molecule has 1 unspecified atom stereocenters. The molecular weight excluding hydrogens is 445 g/mol. The molecule has 0 radical (unpaired) electrons. The standard InChI is InChI=1S/C26H33ClFNO4/c1-26(2,3)33-25(30)13-14-29-15-17-32-24(18-29)19-9-11-20(12-10-19)31-16-5-6-21-22(27)7-4-8-23(21)28/h4,7-12,24H,5-6,13-18H2,1-3H3. The predicted molar refractivity (Wildman–Crippen MR) is 127 cm³/mol. The van der Waals surface area contributed by atoms with Gasteiger partial charge in [-0.15, -0.1) is 0 Å². The van der Waals surface area contributed by atoms with Gasteiger partial charge in [0.25, 0.3) is 0 Å². The number of carbonyl (C=O) groups excluding carboxylic acids is 1. The Kier molecular flexibility index (Phi) is 9.12. The molecule has 0 bridgehead atoms. The quantitative estimate of drug-likeness (QED) is 0.347. The first-order valence-electron chi connectivity index (χ1n) is 11.4. The Balaban J connectivity index is 1.43. The third kappa shape index (κ3) is 8.29. The van der Waals surface area contributed by atoms with E-state index >= 15 is 0 Å². The van der Waals surface area contributed by atoms with Gasteiger partial charge in [-0.05, 0) is 63.4 Å². The second-order valence-corrected chi connectivity index (χ2v) is 9.62. The third-order valence-corrected chi connectivity index (χ3v) is 5.71. The molecule has 0 aliphatic carbocycles. The van der Waals surface area contributed by atoms with Crippen LogP contribution >= 0.6 is 11.6 Å². The summed E-state index contributed by atoms with van der Waals surface area (Å²) < 4.78 is 31.0. The zero-order chi connectivity index (χ0) is 23.8. The van der Waals surface area contributed by atoms with E-state index in [0.717, 1.165) is 24.4 Å². The fourth-order valence-electron chi connectivity index (χ4n) is 3.74. The summed E-state index contributed by atoms with van der Waals surface area (Å²) in [4.78, 5) is 14.2. The van der Waals surface area contributed by atoms with E-state index in [2.05, 4.69) is 4.90 Å². The maximum Gasteiger partial charge on any atom is 0.307 e. The van der Waals surface area contributed by atoms with Gasteiger partial charge in [-0.1, -0.05) is 29.8 Å². The molecule has 1 fully saturated rings. The molecule has 1 aliphatic rings. The molecule has 180 valence electrons. The molecule has 2 aromatic carbocycles. The summed E-state index contributed by atoms with van der Waals surface area (Å²) in [6, 6.07) is 12.6. The molecule has 0 spiro atoms. The highest BCUT2D eigenvalue weighted by molar-refractivity contribution is 6.31. The van der Waals surface area contributed by atoms with Gasteiger partial charge in [-0.3, -0.25) is 9.69 Å². The molecule has 1 atom stereocenters. The monoisotopic (exact) mass is 477 g/mol. The van der Waals surface area contributed by atoms with Crippen LogP contribution in [0.25, 0.3) is 0 Å². The molecule has 2 aromatic rings. The van der Waals surface area contributed by atoms with Crippen LogP contribution in [0.3, 0.4) is 0 Å². The van der Waals surface area contributed by atoms with Crippen molar-refractivity contribution < 1.29 is 23.4 Å². The van der Waals surface area contributed by atoms with Crippen LogP contribution < -0.4 is 4.74 Å². The minimum Gasteiger partial charge on any atom is -0.494 e. The summed E-state index contributed by atoms with van der Waals surface area (Å²) in [6.07, 6.45) is 1.52. The van der Waals surface area contributed by atoms with E-state index in [-0.39, 0.29) is 17.9 Å². The van der Waals surface area contributed by atoms with E-state index in [9.17, 15) is 9.18 Å². The highest BCUT2D eigenvalue weighted by atomic mass is 35.5. The Labute approximate surface area is 200 Å². The van der Waals surface area contributed by atoms with Crippen molar-refractivity contribution in [2.75, 3.05) is 32.8 Å². The fraction of sp³-hybridized carbons (Fsp3) is 0.500. The molecule has 0 amide bonds. The Morgan fingerprint density at radius 1 is 1.21 bits per heavy atom. The first-order valence-corrected chi connectivity index (χ1v) is 11.8. The highest BCUT2D eigenvalue weighted by Gasteiger charge is 2.23. The van der Waals surface area contributed by atoms with Gasteiger partial charge in [-0.25, -0.2) is 4.39 Å². The summed E-state index contributed by atoms with van der Waals surface area (Å²) in [5.41, 5.74) is 1.14. The first kappa shape index (κ1) is 25.5. The Bertz CT molecular complexity index is 893. The number of hydrogen-bond donors (Lipinski definition) is 0. The van der Waals surface area contributed by atoms with Crippen molar-refractivity contribution in [2.45, 2.75) is 51.7 Å². The number of rotatable bonds is 9. The van der Waals surface area contributed by atoms with Gasteiger partial charge < -0.3 is 14.2 Å². The van der Waals surface area contributed by atoms with Crippen LogP contribution in [0.1, 0.15) is 50.8 Å². The van der Waals surface area contributed by atoms with Gasteiger partial charge >= 0.3 is 5.97 Å². The number of ether oxygens (including phenoxy) is 3. The van der Waals surface area contributed by atoms with Crippen LogP contribution in [0, 0.1) is 5.82 Å². The van der Waals surface area contributed by atoms with Crippen LogP contribution in [0.4, 0.5) is 4.39 Å². The van der Waals surface area contributed by atoms with Crippen LogP contribution in [0.5, 0.6) is 5.75 Å². The molecule has 33 heavy (non-hydrogen) atoms. The van der Waals surface area contributed by atoms with E-state index < -0.39 is 5.60 Å². The molecule has 0 saturated carbocycles. The maximum atomic E-state index is 13.8. The van der Waals surface area contributed by atoms with Crippen LogP contribution in [0.2, 0.25) is 5.02 Å². The lowest BCUT2D eigenvalue weighted by Gasteiger charge is -2.33. The van der Waals surface area contributed by atoms with Crippen molar-refractivity contribution in [3.63, 3.8) is 0 Å². The van der Waals surface area contributed by atoms with E-state index in [0.29, 0.717) is 49.6 Å². The average molecular weight is 478 g/mol. The van der Waals surface area contributed by atoms with Gasteiger partial charge in [-0.2, -0.15) is 0 Å². The highest BCUT2D eigenvalue weighted by Crippen LogP contribution is 2.25. The van der Waals surface area contributed by atoms with Crippen molar-refractivity contribution in [1.82, 2.24) is 4.90 Å². The normalized spacial score (nSPS) is 17.1. The Morgan fingerprint density at radius 3 is 2.67 bits per heavy atom. The fourth-order valence-corrected chi connectivity index (χ4v) is 4.00. The maximum absolute atomic E-state index is 13.8. The Morgan fingerprint density at radius 2 is 1.97 bits per heavy atom. The summed E-state index contributed by atoms with van der Waals surface area (Å²) in [5, 5.41) is 0.451. The second-order valence-electron chi connectivity index (χ2n) is 9.22. The number of benzene rings is 2. The molecule has 1 saturated heterocycles. The smallest absolute Gasteiger partial charge is 0.307 e. The second kappa shape index (κ2) is 11.8. The first-order chi connectivity index (χ1) is 15.7. The molecule has 0 aromatic heterocycles.